The smallest absolute Gasteiger partial charge is 0.141 e. The third kappa shape index (κ3) is 3.57. The van der Waals surface area contributed by atoms with Crippen LogP contribution in [0.5, 0.6) is 5.75 Å². The average Bonchev–Trinajstić information content (AvgIpc) is 2.66. The van der Waals surface area contributed by atoms with E-state index in [4.69, 9.17) is 10.5 Å². The number of nitrogens with zero attached hydrogens (tertiary/aromatic N) is 3. The van der Waals surface area contributed by atoms with E-state index in [1.165, 1.54) is 0 Å². The van der Waals surface area contributed by atoms with Crippen molar-refractivity contribution in [3.8, 4) is 5.75 Å². The molecule has 1 unspecified atom stereocenters. The van der Waals surface area contributed by atoms with Gasteiger partial charge in [-0.15, -0.1) is 0 Å². The number of hydrogen-bond acceptors (Lipinski definition) is 4. The molecule has 20 heavy (non-hydrogen) atoms. The van der Waals surface area contributed by atoms with E-state index in [1.807, 2.05) is 50.7 Å². The van der Waals surface area contributed by atoms with E-state index in [1.54, 1.807) is 0 Å². The first-order chi connectivity index (χ1) is 9.45. The van der Waals surface area contributed by atoms with Gasteiger partial charge in [-0.3, -0.25) is 9.67 Å². The zero-order chi connectivity index (χ0) is 14.7. The van der Waals surface area contributed by atoms with Gasteiger partial charge in [-0.2, -0.15) is 5.10 Å². The molecule has 2 N–H and O–H groups in total. The van der Waals surface area contributed by atoms with Crippen LogP contribution < -0.4 is 10.5 Å². The topological polar surface area (TPSA) is 66.0 Å². The summed E-state index contributed by atoms with van der Waals surface area (Å²) in [6.07, 6.45) is 0.710. The number of rotatable bonds is 5. The molecule has 5 nitrogen and oxygen atoms in total. The van der Waals surface area contributed by atoms with E-state index in [0.29, 0.717) is 13.0 Å². The van der Waals surface area contributed by atoms with Gasteiger partial charge in [0.2, 0.25) is 0 Å². The summed E-state index contributed by atoms with van der Waals surface area (Å²) in [4.78, 5) is 4.53. The maximum absolute atomic E-state index is 5.89. The van der Waals surface area contributed by atoms with Crippen molar-refractivity contribution in [3.63, 3.8) is 0 Å². The Labute approximate surface area is 119 Å². The standard InChI is InChI=1S/C15H22N4O/c1-10(16)7-14-15(6-5-11(2)17-14)20-9-13-8-12(3)18-19(13)4/h5-6,8,10H,7,9,16H2,1-4H3. The molecular formula is C15H22N4O. The highest BCUT2D eigenvalue weighted by Crippen LogP contribution is 2.20. The minimum atomic E-state index is 0.0607. The summed E-state index contributed by atoms with van der Waals surface area (Å²) in [5.74, 6) is 0.798. The molecule has 2 aromatic rings. The highest BCUT2D eigenvalue weighted by atomic mass is 16.5. The van der Waals surface area contributed by atoms with E-state index in [9.17, 15) is 0 Å². The van der Waals surface area contributed by atoms with Crippen LogP contribution in [0.1, 0.15) is 29.7 Å². The highest BCUT2D eigenvalue weighted by Gasteiger charge is 2.10. The molecular weight excluding hydrogens is 252 g/mol. The van der Waals surface area contributed by atoms with Crippen molar-refractivity contribution in [1.29, 1.82) is 0 Å². The fraction of sp³-hybridized carbons (Fsp3) is 0.467. The van der Waals surface area contributed by atoms with Gasteiger partial charge in [-0.25, -0.2) is 0 Å². The molecule has 2 aromatic heterocycles. The predicted molar refractivity (Wildman–Crippen MR) is 78.6 cm³/mol. The van der Waals surface area contributed by atoms with Gasteiger partial charge in [0.25, 0.3) is 0 Å². The number of aryl methyl sites for hydroxylation is 3. The van der Waals surface area contributed by atoms with Gasteiger partial charge in [0.15, 0.2) is 0 Å². The van der Waals surface area contributed by atoms with Crippen molar-refractivity contribution in [2.45, 2.75) is 39.8 Å². The zero-order valence-electron chi connectivity index (χ0n) is 12.6. The number of nitrogens with two attached hydrogens (primary N) is 1. The number of pyridine rings is 1. The van der Waals surface area contributed by atoms with Crippen LogP contribution in [0, 0.1) is 13.8 Å². The highest BCUT2D eigenvalue weighted by molar-refractivity contribution is 5.30. The minimum absolute atomic E-state index is 0.0607. The predicted octanol–water partition coefficient (Wildman–Crippen LogP) is 1.90. The molecule has 5 heteroatoms. The van der Waals surface area contributed by atoms with Crippen molar-refractivity contribution in [3.05, 3.63) is 41.0 Å². The molecule has 0 amide bonds. The summed E-state index contributed by atoms with van der Waals surface area (Å²) in [5, 5.41) is 4.31. The molecule has 0 saturated carbocycles. The lowest BCUT2D eigenvalue weighted by Gasteiger charge is -2.13. The van der Waals surface area contributed by atoms with Crippen LogP contribution in [-0.4, -0.2) is 20.8 Å². The van der Waals surface area contributed by atoms with Crippen molar-refractivity contribution >= 4 is 0 Å². The lowest BCUT2D eigenvalue weighted by atomic mass is 10.1. The monoisotopic (exact) mass is 274 g/mol. The zero-order valence-corrected chi connectivity index (χ0v) is 12.6. The molecule has 0 radical (unpaired) electrons. The van der Waals surface area contributed by atoms with Gasteiger partial charge >= 0.3 is 0 Å². The van der Waals surface area contributed by atoms with Crippen LogP contribution in [0.25, 0.3) is 0 Å². The first-order valence-corrected chi connectivity index (χ1v) is 6.80. The molecule has 108 valence electrons. The van der Waals surface area contributed by atoms with Crippen LogP contribution in [-0.2, 0) is 20.1 Å². The Bertz CT molecular complexity index is 590. The van der Waals surface area contributed by atoms with Crippen LogP contribution in [0.2, 0.25) is 0 Å². The minimum Gasteiger partial charge on any atom is -0.485 e. The van der Waals surface area contributed by atoms with Crippen LogP contribution in [0.15, 0.2) is 18.2 Å². The molecule has 0 bridgehead atoms. The molecule has 2 heterocycles. The van der Waals surface area contributed by atoms with E-state index < -0.39 is 0 Å². The van der Waals surface area contributed by atoms with Crippen molar-refractivity contribution < 1.29 is 4.74 Å². The Balaban J connectivity index is 2.14. The van der Waals surface area contributed by atoms with Crippen LogP contribution in [0.3, 0.4) is 0 Å². The molecule has 0 aromatic carbocycles. The Morgan fingerprint density at radius 2 is 2.05 bits per heavy atom. The second kappa shape index (κ2) is 6.05. The Kier molecular flexibility index (Phi) is 4.39. The van der Waals surface area contributed by atoms with E-state index in [0.717, 1.165) is 28.5 Å². The van der Waals surface area contributed by atoms with Gasteiger partial charge in [0.05, 0.1) is 17.1 Å². The Morgan fingerprint density at radius 3 is 2.65 bits per heavy atom. The fourth-order valence-electron chi connectivity index (χ4n) is 2.13. The SMILES string of the molecule is Cc1ccc(OCc2cc(C)nn2C)c(CC(C)N)n1. The molecule has 0 spiro atoms. The third-order valence-electron chi connectivity index (χ3n) is 3.06. The average molecular weight is 274 g/mol. The summed E-state index contributed by atoms with van der Waals surface area (Å²) in [6, 6.07) is 6.00. The number of aromatic nitrogens is 3. The lowest BCUT2D eigenvalue weighted by Crippen LogP contribution is -2.19. The second-order valence-electron chi connectivity index (χ2n) is 5.27. The lowest BCUT2D eigenvalue weighted by molar-refractivity contribution is 0.289. The van der Waals surface area contributed by atoms with E-state index in [2.05, 4.69) is 10.1 Å². The summed E-state index contributed by atoms with van der Waals surface area (Å²) in [7, 11) is 1.92. The molecule has 2 rings (SSSR count). The number of ether oxygens (including phenoxy) is 1. The van der Waals surface area contributed by atoms with Crippen molar-refractivity contribution in [2.24, 2.45) is 12.8 Å². The van der Waals surface area contributed by atoms with E-state index >= 15 is 0 Å². The number of hydrogen-bond donors (Lipinski definition) is 1. The summed E-state index contributed by atoms with van der Waals surface area (Å²) in [5.41, 5.74) is 9.79. The molecule has 0 fully saturated rings. The van der Waals surface area contributed by atoms with E-state index in [-0.39, 0.29) is 6.04 Å². The maximum Gasteiger partial charge on any atom is 0.141 e. The molecule has 0 aliphatic carbocycles. The first-order valence-electron chi connectivity index (χ1n) is 6.80. The first kappa shape index (κ1) is 14.5. The Hall–Kier alpha value is -1.88. The molecule has 0 aliphatic rings. The molecule has 0 aliphatic heterocycles. The third-order valence-corrected chi connectivity index (χ3v) is 3.06. The van der Waals surface area contributed by atoms with Crippen molar-refractivity contribution in [1.82, 2.24) is 14.8 Å². The van der Waals surface area contributed by atoms with Crippen LogP contribution in [0.4, 0.5) is 0 Å². The largest absolute Gasteiger partial charge is 0.485 e. The fourth-order valence-corrected chi connectivity index (χ4v) is 2.13. The molecule has 1 atom stereocenters. The maximum atomic E-state index is 5.89. The quantitative estimate of drug-likeness (QED) is 0.904. The van der Waals surface area contributed by atoms with Gasteiger partial charge in [0, 0.05) is 25.2 Å². The van der Waals surface area contributed by atoms with Crippen molar-refractivity contribution in [2.75, 3.05) is 0 Å². The summed E-state index contributed by atoms with van der Waals surface area (Å²) >= 11 is 0. The van der Waals surface area contributed by atoms with Gasteiger partial charge in [-0.1, -0.05) is 0 Å². The summed E-state index contributed by atoms with van der Waals surface area (Å²) < 4.78 is 7.73. The molecule has 0 saturated heterocycles. The summed E-state index contributed by atoms with van der Waals surface area (Å²) in [6.45, 7) is 6.39. The van der Waals surface area contributed by atoms with Gasteiger partial charge < -0.3 is 10.5 Å². The Morgan fingerprint density at radius 1 is 1.30 bits per heavy atom. The van der Waals surface area contributed by atoms with Gasteiger partial charge in [-0.05, 0) is 39.0 Å². The normalized spacial score (nSPS) is 12.4. The van der Waals surface area contributed by atoms with Gasteiger partial charge in [0.1, 0.15) is 12.4 Å². The van der Waals surface area contributed by atoms with Crippen LogP contribution >= 0.6 is 0 Å². The second-order valence-corrected chi connectivity index (χ2v) is 5.27.